The number of nitrogens with zero attached hydrogens (tertiary/aromatic N) is 1. The minimum atomic E-state index is 0.0250. The second kappa shape index (κ2) is 8.20. The molecule has 0 bridgehead atoms. The van der Waals surface area contributed by atoms with E-state index in [9.17, 15) is 0 Å². The van der Waals surface area contributed by atoms with Gasteiger partial charge in [0.1, 0.15) is 0 Å². The molecule has 8 rings (SSSR count). The zero-order chi connectivity index (χ0) is 26.2. The Kier molecular flexibility index (Phi) is 4.80. The lowest BCUT2D eigenvalue weighted by Crippen LogP contribution is -2.54. The van der Waals surface area contributed by atoms with Gasteiger partial charge in [-0.1, -0.05) is 111 Å². The maximum atomic E-state index is 2.72. The van der Waals surface area contributed by atoms with Crippen LogP contribution in [0.1, 0.15) is 45.1 Å². The number of benzene rings is 6. The van der Waals surface area contributed by atoms with Gasteiger partial charge in [-0.2, -0.15) is 0 Å². The summed E-state index contributed by atoms with van der Waals surface area (Å²) in [6.07, 6.45) is 4.99. The first-order chi connectivity index (χ1) is 19.1. The van der Waals surface area contributed by atoms with Gasteiger partial charge in [0.2, 0.25) is 0 Å². The van der Waals surface area contributed by atoms with Crippen molar-refractivity contribution in [3.05, 3.63) is 121 Å². The van der Waals surface area contributed by atoms with Crippen molar-refractivity contribution < 1.29 is 0 Å². The van der Waals surface area contributed by atoms with Crippen molar-refractivity contribution in [2.75, 3.05) is 4.90 Å². The van der Waals surface area contributed by atoms with Crippen LogP contribution < -0.4 is 4.90 Å². The Balaban J connectivity index is 1.42. The van der Waals surface area contributed by atoms with E-state index < -0.39 is 0 Å². The van der Waals surface area contributed by atoms with Crippen molar-refractivity contribution in [3.8, 4) is 11.1 Å². The fourth-order valence-corrected chi connectivity index (χ4v) is 7.99. The molecular weight excluding hydrogens is 470 g/mol. The highest BCUT2D eigenvalue weighted by Gasteiger charge is 2.57. The van der Waals surface area contributed by atoms with Gasteiger partial charge in [0.15, 0.2) is 0 Å². The molecule has 1 saturated carbocycles. The highest BCUT2D eigenvalue weighted by Crippen LogP contribution is 2.62. The van der Waals surface area contributed by atoms with Crippen molar-refractivity contribution in [2.24, 2.45) is 0 Å². The van der Waals surface area contributed by atoms with Gasteiger partial charge in [-0.05, 0) is 87.7 Å². The van der Waals surface area contributed by atoms with Crippen LogP contribution >= 0.6 is 0 Å². The first kappa shape index (κ1) is 22.8. The third kappa shape index (κ3) is 3.08. The van der Waals surface area contributed by atoms with E-state index in [1.54, 1.807) is 0 Å². The molecule has 0 spiro atoms. The molecular formula is C38H33N. The van der Waals surface area contributed by atoms with Crippen LogP contribution in [-0.2, 0) is 5.41 Å². The largest absolute Gasteiger partial charge is 0.334 e. The fourth-order valence-electron chi connectivity index (χ4n) is 7.99. The topological polar surface area (TPSA) is 3.24 Å². The van der Waals surface area contributed by atoms with E-state index in [0.717, 1.165) is 0 Å². The van der Waals surface area contributed by atoms with Gasteiger partial charge in [-0.3, -0.25) is 0 Å². The predicted molar refractivity (Wildman–Crippen MR) is 167 cm³/mol. The summed E-state index contributed by atoms with van der Waals surface area (Å²) in [7, 11) is 0. The van der Waals surface area contributed by atoms with E-state index in [1.165, 1.54) is 86.1 Å². The van der Waals surface area contributed by atoms with Gasteiger partial charge in [-0.25, -0.2) is 0 Å². The van der Waals surface area contributed by atoms with E-state index in [-0.39, 0.29) is 11.0 Å². The zero-order valence-corrected chi connectivity index (χ0v) is 22.7. The molecule has 39 heavy (non-hydrogen) atoms. The summed E-state index contributed by atoms with van der Waals surface area (Å²) < 4.78 is 0. The summed E-state index contributed by atoms with van der Waals surface area (Å²) in [5.74, 6) is 0. The van der Waals surface area contributed by atoms with Crippen LogP contribution in [0.25, 0.3) is 43.4 Å². The third-order valence-corrected chi connectivity index (χ3v) is 10.2. The van der Waals surface area contributed by atoms with Crippen molar-refractivity contribution in [2.45, 2.75) is 50.5 Å². The molecule has 0 amide bonds. The maximum absolute atomic E-state index is 2.72. The first-order valence-electron chi connectivity index (χ1n) is 14.4. The SMILES string of the molecule is CC12CCCCC1(C)N(c1cccc3ccccc13)c1ccc(-c3c4ccccc4cc4ccccc34)cc12. The van der Waals surface area contributed by atoms with Crippen molar-refractivity contribution in [1.29, 1.82) is 0 Å². The molecule has 1 heteroatoms. The molecule has 2 atom stereocenters. The molecule has 0 radical (unpaired) electrons. The highest BCUT2D eigenvalue weighted by molar-refractivity contribution is 6.13. The monoisotopic (exact) mass is 503 g/mol. The quantitative estimate of drug-likeness (QED) is 0.212. The van der Waals surface area contributed by atoms with Crippen LogP contribution in [0.2, 0.25) is 0 Å². The Hall–Kier alpha value is -4.10. The number of fused-ring (bicyclic) bond motifs is 6. The van der Waals surface area contributed by atoms with Crippen LogP contribution in [0.5, 0.6) is 0 Å². The van der Waals surface area contributed by atoms with E-state index in [4.69, 9.17) is 0 Å². The molecule has 190 valence electrons. The maximum Gasteiger partial charge on any atom is 0.0518 e. The first-order valence-corrected chi connectivity index (χ1v) is 14.4. The Morgan fingerprint density at radius 3 is 1.90 bits per heavy atom. The fraction of sp³-hybridized carbons (Fsp3) is 0.211. The summed E-state index contributed by atoms with van der Waals surface area (Å²) in [6.45, 7) is 5.07. The van der Waals surface area contributed by atoms with Gasteiger partial charge in [0.25, 0.3) is 0 Å². The Morgan fingerprint density at radius 1 is 0.538 bits per heavy atom. The van der Waals surface area contributed by atoms with Crippen molar-refractivity contribution in [1.82, 2.24) is 0 Å². The van der Waals surface area contributed by atoms with E-state index in [2.05, 4.69) is 134 Å². The lowest BCUT2D eigenvalue weighted by Gasteiger charge is -2.50. The molecule has 1 nitrogen and oxygen atoms in total. The van der Waals surface area contributed by atoms with Crippen LogP contribution in [0.15, 0.2) is 115 Å². The Labute approximate surface area is 230 Å². The van der Waals surface area contributed by atoms with Gasteiger partial charge >= 0.3 is 0 Å². The van der Waals surface area contributed by atoms with E-state index >= 15 is 0 Å². The van der Waals surface area contributed by atoms with Gasteiger partial charge in [0, 0.05) is 22.2 Å². The van der Waals surface area contributed by atoms with Gasteiger partial charge in [-0.15, -0.1) is 0 Å². The molecule has 0 aromatic heterocycles. The zero-order valence-electron chi connectivity index (χ0n) is 22.7. The molecule has 6 aromatic rings. The van der Waals surface area contributed by atoms with Crippen LogP contribution in [0.3, 0.4) is 0 Å². The van der Waals surface area contributed by atoms with Crippen LogP contribution in [0, 0.1) is 0 Å². The van der Waals surface area contributed by atoms with Crippen LogP contribution in [-0.4, -0.2) is 5.54 Å². The number of rotatable bonds is 2. The standard InChI is InChI=1S/C38H33N/c1-37-22-9-10-23-38(37,2)39(34-19-11-15-26-12-3-6-16-30(26)34)35-21-20-29(25-33(35)37)36-31-17-7-4-13-27(31)24-28-14-5-8-18-32(28)36/h3-8,11-21,24-25H,9-10,22-23H2,1-2H3. The third-order valence-electron chi connectivity index (χ3n) is 10.2. The molecule has 2 aliphatic rings. The minimum Gasteiger partial charge on any atom is -0.334 e. The molecule has 1 fully saturated rings. The number of anilines is 2. The average Bonchev–Trinajstić information content (AvgIpc) is 3.18. The average molecular weight is 504 g/mol. The Morgan fingerprint density at radius 2 is 1.15 bits per heavy atom. The predicted octanol–water partition coefficient (Wildman–Crippen LogP) is 10.6. The van der Waals surface area contributed by atoms with E-state index in [0.29, 0.717) is 0 Å². The Bertz CT molecular complexity index is 1860. The smallest absolute Gasteiger partial charge is 0.0518 e. The molecule has 0 saturated heterocycles. The number of hydrogen-bond acceptors (Lipinski definition) is 1. The summed E-state index contributed by atoms with van der Waals surface area (Å²) in [5, 5.41) is 7.92. The molecule has 1 aliphatic heterocycles. The normalized spacial score (nSPS) is 22.4. The lowest BCUT2D eigenvalue weighted by molar-refractivity contribution is 0.195. The minimum absolute atomic E-state index is 0.0250. The highest BCUT2D eigenvalue weighted by atomic mass is 15.3. The molecule has 0 N–H and O–H groups in total. The lowest BCUT2D eigenvalue weighted by atomic mass is 9.61. The second-order valence-electron chi connectivity index (χ2n) is 12.1. The summed E-state index contributed by atoms with van der Waals surface area (Å²) in [6, 6.07) is 43.1. The molecule has 1 aliphatic carbocycles. The van der Waals surface area contributed by atoms with Crippen molar-refractivity contribution in [3.63, 3.8) is 0 Å². The molecule has 2 unspecified atom stereocenters. The van der Waals surface area contributed by atoms with Gasteiger partial charge < -0.3 is 4.90 Å². The van der Waals surface area contributed by atoms with Crippen molar-refractivity contribution >= 4 is 43.7 Å². The number of hydrogen-bond donors (Lipinski definition) is 0. The summed E-state index contributed by atoms with van der Waals surface area (Å²) >= 11 is 0. The second-order valence-corrected chi connectivity index (χ2v) is 12.1. The summed E-state index contributed by atoms with van der Waals surface area (Å²) in [5.41, 5.74) is 7.02. The molecule has 1 heterocycles. The molecule has 6 aromatic carbocycles. The van der Waals surface area contributed by atoms with Gasteiger partial charge in [0.05, 0.1) is 5.54 Å². The summed E-state index contributed by atoms with van der Waals surface area (Å²) in [4.78, 5) is 2.72. The van der Waals surface area contributed by atoms with E-state index in [1.807, 2.05) is 0 Å². The van der Waals surface area contributed by atoms with Crippen LogP contribution in [0.4, 0.5) is 11.4 Å².